The SMILES string of the molecule is CN=CC(=C(N)C(=O)N1CC(F)(F)CC(C)C1CNc1ncc(C(F)(F)F)c(OC)n1)c1cccc(C)c1. The van der Waals surface area contributed by atoms with Gasteiger partial charge in [0.25, 0.3) is 11.8 Å². The van der Waals surface area contributed by atoms with Crippen LogP contribution in [0.25, 0.3) is 5.57 Å². The average Bonchev–Trinajstić information content (AvgIpc) is 2.84. The van der Waals surface area contributed by atoms with E-state index in [4.69, 9.17) is 10.5 Å². The van der Waals surface area contributed by atoms with Gasteiger partial charge >= 0.3 is 6.18 Å². The number of halogens is 5. The fourth-order valence-electron chi connectivity index (χ4n) is 4.39. The first-order valence-corrected chi connectivity index (χ1v) is 11.7. The van der Waals surface area contributed by atoms with Gasteiger partial charge in [-0.25, -0.2) is 13.8 Å². The second kappa shape index (κ2) is 11.3. The number of ether oxygens (including phenoxy) is 1. The zero-order valence-corrected chi connectivity index (χ0v) is 21.3. The maximum Gasteiger partial charge on any atom is 0.423 e. The number of anilines is 1. The molecule has 1 amide bonds. The molecular weight excluding hydrogens is 511 g/mol. The number of aliphatic imine (C=N–C) groups is 1. The fraction of sp³-hybridized carbons (Fsp3) is 0.440. The van der Waals surface area contributed by atoms with Crippen molar-refractivity contribution in [2.75, 3.05) is 32.6 Å². The maximum atomic E-state index is 14.6. The van der Waals surface area contributed by atoms with Crippen molar-refractivity contribution in [1.82, 2.24) is 14.9 Å². The summed E-state index contributed by atoms with van der Waals surface area (Å²) in [5, 5.41) is 2.75. The van der Waals surface area contributed by atoms with E-state index in [1.807, 2.05) is 13.0 Å². The quantitative estimate of drug-likeness (QED) is 0.310. The Bertz CT molecular complexity index is 1230. The molecular formula is C25H29F5N6O2. The Morgan fingerprint density at radius 3 is 2.68 bits per heavy atom. The van der Waals surface area contributed by atoms with Crippen LogP contribution in [0.1, 0.15) is 30.0 Å². The van der Waals surface area contributed by atoms with E-state index < -0.39 is 54.4 Å². The number of amides is 1. The molecule has 3 rings (SSSR count). The van der Waals surface area contributed by atoms with E-state index in [1.54, 1.807) is 25.1 Å². The summed E-state index contributed by atoms with van der Waals surface area (Å²) in [5.74, 6) is -5.58. The minimum Gasteiger partial charge on any atom is -0.480 e. The molecule has 0 bridgehead atoms. The van der Waals surface area contributed by atoms with Crippen LogP contribution in [0.5, 0.6) is 5.88 Å². The smallest absolute Gasteiger partial charge is 0.423 e. The molecule has 1 saturated heterocycles. The van der Waals surface area contributed by atoms with E-state index in [0.717, 1.165) is 17.6 Å². The highest BCUT2D eigenvalue weighted by Crippen LogP contribution is 2.37. The molecule has 206 valence electrons. The highest BCUT2D eigenvalue weighted by molar-refractivity contribution is 6.18. The minimum absolute atomic E-state index is 0.119. The Morgan fingerprint density at radius 1 is 1.37 bits per heavy atom. The molecule has 3 N–H and O–H groups in total. The van der Waals surface area contributed by atoms with Gasteiger partial charge < -0.3 is 20.7 Å². The van der Waals surface area contributed by atoms with Crippen molar-refractivity contribution in [1.29, 1.82) is 0 Å². The highest BCUT2D eigenvalue weighted by atomic mass is 19.4. The minimum atomic E-state index is -4.72. The van der Waals surface area contributed by atoms with Crippen molar-refractivity contribution in [3.63, 3.8) is 0 Å². The van der Waals surface area contributed by atoms with E-state index in [2.05, 4.69) is 20.3 Å². The number of benzene rings is 1. The molecule has 2 unspecified atom stereocenters. The molecule has 38 heavy (non-hydrogen) atoms. The normalized spacial score (nSPS) is 20.3. The monoisotopic (exact) mass is 540 g/mol. The number of rotatable bonds is 7. The molecule has 0 saturated carbocycles. The van der Waals surface area contributed by atoms with Crippen molar-refractivity contribution in [2.24, 2.45) is 16.6 Å². The molecule has 2 atom stereocenters. The molecule has 13 heteroatoms. The van der Waals surface area contributed by atoms with Crippen molar-refractivity contribution >= 4 is 23.6 Å². The number of piperidine rings is 1. The third-order valence-electron chi connectivity index (χ3n) is 6.17. The average molecular weight is 541 g/mol. The fourth-order valence-corrected chi connectivity index (χ4v) is 4.39. The first-order valence-electron chi connectivity index (χ1n) is 11.7. The topological polar surface area (TPSA) is 106 Å². The van der Waals surface area contributed by atoms with Gasteiger partial charge in [0.05, 0.1) is 19.7 Å². The Labute approximate surface area is 216 Å². The van der Waals surface area contributed by atoms with Gasteiger partial charge in [-0.2, -0.15) is 18.2 Å². The lowest BCUT2D eigenvalue weighted by atomic mass is 9.88. The molecule has 2 heterocycles. The van der Waals surface area contributed by atoms with Crippen LogP contribution in [0, 0.1) is 12.8 Å². The lowest BCUT2D eigenvalue weighted by Crippen LogP contribution is -2.58. The number of likely N-dealkylation sites (tertiary alicyclic amines) is 1. The van der Waals surface area contributed by atoms with Crippen LogP contribution in [0.2, 0.25) is 0 Å². The molecule has 0 radical (unpaired) electrons. The first-order chi connectivity index (χ1) is 17.8. The lowest BCUT2D eigenvalue weighted by Gasteiger charge is -2.43. The standard InChI is InChI=1S/C25H29F5N6O2/c1-14-6-5-7-16(8-14)17(10-32-3)20(31)22(37)36-13-24(26,27)9-15(2)19(36)12-34-23-33-11-18(25(28,29)30)21(35-23)38-4/h5-8,10-11,15,19H,9,12-13,31H2,1-4H3,(H,33,34,35). The number of nitrogens with two attached hydrogens (primary N) is 1. The Kier molecular flexibility index (Phi) is 8.58. The molecule has 1 aromatic carbocycles. The molecule has 1 aromatic heterocycles. The van der Waals surface area contributed by atoms with Gasteiger partial charge in [-0.15, -0.1) is 0 Å². The summed E-state index contributed by atoms with van der Waals surface area (Å²) in [6.45, 7) is 2.41. The van der Waals surface area contributed by atoms with Crippen LogP contribution in [0.15, 0.2) is 41.2 Å². The van der Waals surface area contributed by atoms with E-state index in [-0.39, 0.29) is 23.8 Å². The second-order valence-corrected chi connectivity index (χ2v) is 9.12. The first kappa shape index (κ1) is 28.8. The number of hydrogen-bond acceptors (Lipinski definition) is 7. The van der Waals surface area contributed by atoms with E-state index in [9.17, 15) is 26.7 Å². The summed E-state index contributed by atoms with van der Waals surface area (Å²) in [5.41, 5.74) is 6.60. The van der Waals surface area contributed by atoms with Crippen molar-refractivity contribution in [3.8, 4) is 5.88 Å². The molecule has 1 aliphatic rings. The molecule has 1 fully saturated rings. The summed E-state index contributed by atoms with van der Waals surface area (Å²) in [6, 6.07) is 6.35. The van der Waals surface area contributed by atoms with Crippen molar-refractivity contribution < 1.29 is 31.5 Å². The van der Waals surface area contributed by atoms with Gasteiger partial charge in [-0.1, -0.05) is 36.8 Å². The summed E-state index contributed by atoms with van der Waals surface area (Å²) < 4.78 is 73.3. The van der Waals surface area contributed by atoms with Crippen molar-refractivity contribution in [2.45, 2.75) is 38.4 Å². The number of nitrogens with zero attached hydrogens (tertiary/aromatic N) is 4. The second-order valence-electron chi connectivity index (χ2n) is 9.12. The zero-order valence-electron chi connectivity index (χ0n) is 21.3. The van der Waals surface area contributed by atoms with Crippen LogP contribution in [-0.2, 0) is 11.0 Å². The summed E-state index contributed by atoms with van der Waals surface area (Å²) >= 11 is 0. The van der Waals surface area contributed by atoms with Gasteiger partial charge in [-0.05, 0) is 18.4 Å². The number of carbonyl (C=O) groups is 1. The number of aromatic nitrogens is 2. The van der Waals surface area contributed by atoms with Crippen molar-refractivity contribution in [3.05, 3.63) is 52.8 Å². The predicted octanol–water partition coefficient (Wildman–Crippen LogP) is 4.17. The number of methoxy groups -OCH3 is 1. The lowest BCUT2D eigenvalue weighted by molar-refractivity contribution is -0.148. The number of allylic oxidation sites excluding steroid dienone is 1. The Hall–Kier alpha value is -3.77. The maximum absolute atomic E-state index is 14.6. The number of carbonyl (C=O) groups excluding carboxylic acids is 1. The van der Waals surface area contributed by atoms with E-state index >= 15 is 0 Å². The third kappa shape index (κ3) is 6.56. The third-order valence-corrected chi connectivity index (χ3v) is 6.17. The molecule has 0 aliphatic carbocycles. The molecule has 8 nitrogen and oxygen atoms in total. The molecule has 2 aromatic rings. The Morgan fingerprint density at radius 2 is 2.08 bits per heavy atom. The molecule has 0 spiro atoms. The molecule has 1 aliphatic heterocycles. The summed E-state index contributed by atoms with van der Waals surface area (Å²) in [6.07, 6.45) is -3.26. The number of hydrogen-bond donors (Lipinski definition) is 2. The number of alkyl halides is 5. The van der Waals surface area contributed by atoms with Crippen LogP contribution in [0.3, 0.4) is 0 Å². The van der Waals surface area contributed by atoms with Gasteiger partial charge in [0.2, 0.25) is 11.8 Å². The number of aryl methyl sites for hydroxylation is 1. The van der Waals surface area contributed by atoms with Crippen LogP contribution >= 0.6 is 0 Å². The summed E-state index contributed by atoms with van der Waals surface area (Å²) in [4.78, 5) is 25.9. The predicted molar refractivity (Wildman–Crippen MR) is 133 cm³/mol. The number of nitrogens with one attached hydrogen (secondary N) is 1. The van der Waals surface area contributed by atoms with Gasteiger partial charge in [0.1, 0.15) is 11.3 Å². The van der Waals surface area contributed by atoms with Gasteiger partial charge in [0.15, 0.2) is 0 Å². The Balaban J connectivity index is 1.94. The van der Waals surface area contributed by atoms with E-state index in [1.165, 1.54) is 13.3 Å². The van der Waals surface area contributed by atoms with Gasteiger partial charge in [-0.3, -0.25) is 9.79 Å². The van der Waals surface area contributed by atoms with Crippen LogP contribution in [0.4, 0.5) is 27.9 Å². The van der Waals surface area contributed by atoms with Crippen LogP contribution in [-0.4, -0.2) is 66.2 Å². The van der Waals surface area contributed by atoms with Gasteiger partial charge in [0, 0.05) is 38.0 Å². The largest absolute Gasteiger partial charge is 0.480 e. The summed E-state index contributed by atoms with van der Waals surface area (Å²) in [7, 11) is 2.53. The van der Waals surface area contributed by atoms with E-state index in [0.29, 0.717) is 11.8 Å². The zero-order chi connectivity index (χ0) is 28.3. The van der Waals surface area contributed by atoms with Crippen LogP contribution < -0.4 is 15.8 Å². The highest BCUT2D eigenvalue weighted by Gasteiger charge is 2.46.